The number of rotatable bonds is 2. The van der Waals surface area contributed by atoms with Crippen LogP contribution in [-0.2, 0) is 9.53 Å². The largest absolute Gasteiger partial charge is 0.429 e. The Labute approximate surface area is 65.6 Å². The van der Waals surface area contributed by atoms with Crippen molar-refractivity contribution >= 4 is 16.9 Å². The molecule has 0 saturated heterocycles. The number of esters is 1. The highest BCUT2D eigenvalue weighted by atomic mass is 28.1. The average Bonchev–Trinajstić information content (AvgIpc) is 1.63. The fourth-order valence-corrected chi connectivity index (χ4v) is 0.245. The first-order valence-corrected chi connectivity index (χ1v) is 2.57. The van der Waals surface area contributed by atoms with Gasteiger partial charge >= 0.3 is 5.97 Å². The minimum Gasteiger partial charge on any atom is -0.429 e. The van der Waals surface area contributed by atoms with Crippen LogP contribution < -0.4 is 0 Å². The highest BCUT2D eigenvalue weighted by Gasteiger charge is 2.01. The zero-order valence-corrected chi connectivity index (χ0v) is 5.73. The van der Waals surface area contributed by atoms with Crippen molar-refractivity contribution in [1.82, 2.24) is 0 Å². The van der Waals surface area contributed by atoms with E-state index in [1.807, 2.05) is 0 Å². The lowest BCUT2D eigenvalue weighted by atomic mass is 10.4. The van der Waals surface area contributed by atoms with Gasteiger partial charge in [-0.15, -0.1) is 0 Å². The number of carbonyl (C=O) groups is 1. The van der Waals surface area contributed by atoms with Gasteiger partial charge in [0, 0.05) is 5.57 Å². The monoisotopic (exact) mass is 158 g/mol. The molecule has 0 radical (unpaired) electrons. The maximum Gasteiger partial charge on any atom is 0.338 e. The van der Waals surface area contributed by atoms with E-state index in [0.29, 0.717) is 11.3 Å². The van der Waals surface area contributed by atoms with E-state index in [-0.39, 0.29) is 11.0 Å². The van der Waals surface area contributed by atoms with Crippen molar-refractivity contribution in [1.29, 1.82) is 0 Å². The smallest absolute Gasteiger partial charge is 0.338 e. The molecule has 0 aliphatic heterocycles. The Bertz CT molecular complexity index is 161. The third-order valence-electron chi connectivity index (χ3n) is 0.615. The van der Waals surface area contributed by atoms with Gasteiger partial charge in [-0.1, -0.05) is 13.2 Å². The predicted octanol–water partition coefficient (Wildman–Crippen LogP) is 0.188. The van der Waals surface area contributed by atoms with Crippen LogP contribution in [0.15, 0.2) is 24.5 Å². The van der Waals surface area contributed by atoms with E-state index in [2.05, 4.69) is 17.9 Å². The van der Waals surface area contributed by atoms with Gasteiger partial charge < -0.3 is 4.74 Å². The molecule has 10 heavy (non-hydrogen) atoms. The maximum atomic E-state index is 10.6. The van der Waals surface area contributed by atoms with Gasteiger partial charge in [-0.3, -0.25) is 0 Å². The van der Waals surface area contributed by atoms with Gasteiger partial charge in [-0.25, -0.2) is 4.79 Å². The predicted molar refractivity (Wildman–Crippen MR) is 47.1 cm³/mol. The molecule has 3 heteroatoms. The van der Waals surface area contributed by atoms with Crippen molar-refractivity contribution in [2.75, 3.05) is 0 Å². The van der Waals surface area contributed by atoms with Crippen molar-refractivity contribution in [3.05, 3.63) is 24.5 Å². The molecular formula is C7H14O2Si. The number of carbonyl (C=O) groups excluding carboxylic acids is 1. The Hall–Kier alpha value is -0.833. The van der Waals surface area contributed by atoms with Crippen molar-refractivity contribution in [2.24, 2.45) is 0 Å². The summed E-state index contributed by atoms with van der Waals surface area (Å²) in [5.74, 6) is -0.0227. The fourth-order valence-electron chi connectivity index (χ4n) is 0.245. The zero-order chi connectivity index (χ0) is 7.44. The molecular weight excluding hydrogens is 144 g/mol. The van der Waals surface area contributed by atoms with Crippen LogP contribution in [0.1, 0.15) is 13.8 Å². The lowest BCUT2D eigenvalue weighted by molar-refractivity contribution is -0.134. The second-order valence-corrected chi connectivity index (χ2v) is 1.87. The van der Waals surface area contributed by atoms with Gasteiger partial charge in [0.2, 0.25) is 0 Å². The first-order valence-electron chi connectivity index (χ1n) is 2.57. The quantitative estimate of drug-likeness (QED) is 0.248. The molecule has 0 aromatic heterocycles. The summed E-state index contributed by atoms with van der Waals surface area (Å²) in [6.07, 6.45) is 0. The first-order chi connectivity index (χ1) is 4.04. The van der Waals surface area contributed by atoms with Gasteiger partial charge in [0.1, 0.15) is 0 Å². The number of ether oxygens (including phenoxy) is 1. The highest BCUT2D eigenvalue weighted by Crippen LogP contribution is 1.97. The number of allylic oxidation sites excluding steroid dienone is 1. The van der Waals surface area contributed by atoms with E-state index < -0.39 is 5.97 Å². The normalized spacial score (nSPS) is 7.40. The molecule has 0 atom stereocenters. The summed E-state index contributed by atoms with van der Waals surface area (Å²) in [7, 11) is 0. The van der Waals surface area contributed by atoms with Gasteiger partial charge in [0.05, 0.1) is 5.76 Å². The van der Waals surface area contributed by atoms with Crippen LogP contribution >= 0.6 is 0 Å². The van der Waals surface area contributed by atoms with E-state index in [1.54, 1.807) is 13.8 Å². The summed E-state index contributed by atoms with van der Waals surface area (Å²) in [5.41, 5.74) is 0.387. The third kappa shape index (κ3) is 5.31. The second kappa shape index (κ2) is 4.99. The molecule has 0 saturated carbocycles. The maximum absolute atomic E-state index is 10.6. The Kier molecular flexibility index (Phi) is 5.94. The molecule has 2 nitrogen and oxygen atoms in total. The topological polar surface area (TPSA) is 26.3 Å². The molecule has 0 bridgehead atoms. The van der Waals surface area contributed by atoms with E-state index in [9.17, 15) is 4.79 Å². The molecule has 0 aliphatic rings. The minimum atomic E-state index is -0.414. The van der Waals surface area contributed by atoms with Gasteiger partial charge in [-0.05, 0) is 24.8 Å². The molecule has 0 amide bonds. The van der Waals surface area contributed by atoms with Crippen LogP contribution in [0, 0.1) is 0 Å². The lowest BCUT2D eigenvalue weighted by Crippen LogP contribution is -2.01. The first kappa shape index (κ1) is 11.9. The van der Waals surface area contributed by atoms with E-state index >= 15 is 0 Å². The van der Waals surface area contributed by atoms with Gasteiger partial charge in [0.15, 0.2) is 0 Å². The van der Waals surface area contributed by atoms with Crippen molar-refractivity contribution < 1.29 is 9.53 Å². The molecule has 0 heterocycles. The molecule has 0 fully saturated rings. The van der Waals surface area contributed by atoms with E-state index in [1.165, 1.54) is 0 Å². The Balaban J connectivity index is 0. The summed E-state index contributed by atoms with van der Waals surface area (Å²) in [5, 5.41) is 0. The molecule has 58 valence electrons. The van der Waals surface area contributed by atoms with Crippen LogP contribution in [0.3, 0.4) is 0 Å². The van der Waals surface area contributed by atoms with Gasteiger partial charge in [-0.2, -0.15) is 0 Å². The summed E-state index contributed by atoms with van der Waals surface area (Å²) in [4.78, 5) is 10.6. The van der Waals surface area contributed by atoms with Crippen LogP contribution in [0.2, 0.25) is 0 Å². The highest BCUT2D eigenvalue weighted by molar-refractivity contribution is 5.87. The molecule has 0 N–H and O–H groups in total. The number of hydrogen-bond donors (Lipinski definition) is 0. The molecule has 0 aromatic carbocycles. The SMILES string of the molecule is C=C(C)OC(=O)C(=C)C.[SiH4]. The zero-order valence-electron chi connectivity index (χ0n) is 5.73. The van der Waals surface area contributed by atoms with E-state index in [0.717, 1.165) is 0 Å². The van der Waals surface area contributed by atoms with Crippen molar-refractivity contribution in [3.63, 3.8) is 0 Å². The summed E-state index contributed by atoms with van der Waals surface area (Å²) < 4.78 is 4.58. The Morgan fingerprint density at radius 2 is 1.70 bits per heavy atom. The standard InChI is InChI=1S/C7H10O2.H4Si/c1-5(2)7(8)9-6(3)4;/h1,3H2,2,4H3;1H4. The Morgan fingerprint density at radius 3 is 1.80 bits per heavy atom. The lowest BCUT2D eigenvalue weighted by Gasteiger charge is -1.99. The number of hydrogen-bond acceptors (Lipinski definition) is 2. The summed E-state index contributed by atoms with van der Waals surface area (Å²) in [6.45, 7) is 9.99. The molecule has 0 unspecified atom stereocenters. The van der Waals surface area contributed by atoms with Crippen LogP contribution in [-0.4, -0.2) is 16.9 Å². The average molecular weight is 158 g/mol. The molecule has 0 aliphatic carbocycles. The molecule has 0 spiro atoms. The third-order valence-corrected chi connectivity index (χ3v) is 0.615. The second-order valence-electron chi connectivity index (χ2n) is 1.87. The summed E-state index contributed by atoms with van der Waals surface area (Å²) in [6, 6.07) is 0. The summed E-state index contributed by atoms with van der Waals surface area (Å²) >= 11 is 0. The molecule has 0 aromatic rings. The van der Waals surface area contributed by atoms with E-state index in [4.69, 9.17) is 0 Å². The Morgan fingerprint density at radius 1 is 1.30 bits per heavy atom. The van der Waals surface area contributed by atoms with Gasteiger partial charge in [0.25, 0.3) is 0 Å². The fraction of sp³-hybridized carbons (Fsp3) is 0.286. The van der Waals surface area contributed by atoms with Crippen LogP contribution in [0.5, 0.6) is 0 Å². The van der Waals surface area contributed by atoms with Crippen LogP contribution in [0.25, 0.3) is 0 Å². The van der Waals surface area contributed by atoms with Crippen molar-refractivity contribution in [2.45, 2.75) is 13.8 Å². The minimum absolute atomic E-state index is 0. The molecule has 0 rings (SSSR count). The van der Waals surface area contributed by atoms with Crippen LogP contribution in [0.4, 0.5) is 0 Å². The van der Waals surface area contributed by atoms with Crippen molar-refractivity contribution in [3.8, 4) is 0 Å².